The molecule has 1 saturated heterocycles. The number of amides is 2. The lowest BCUT2D eigenvalue weighted by atomic mass is 10.1. The molecule has 0 bridgehead atoms. The molecule has 24 heavy (non-hydrogen) atoms. The second-order valence-electron chi connectivity index (χ2n) is 5.78. The van der Waals surface area contributed by atoms with Gasteiger partial charge in [0.05, 0.1) is 13.2 Å². The van der Waals surface area contributed by atoms with Crippen molar-refractivity contribution in [3.8, 4) is 0 Å². The maximum atomic E-state index is 12.6. The number of benzene rings is 1. The monoisotopic (exact) mass is 333 g/mol. The van der Waals surface area contributed by atoms with Crippen LogP contribution in [0.3, 0.4) is 0 Å². The van der Waals surface area contributed by atoms with E-state index in [4.69, 9.17) is 5.73 Å². The minimum atomic E-state index is -0.693. The third-order valence-corrected chi connectivity index (χ3v) is 4.09. The second kappa shape index (κ2) is 8.44. The van der Waals surface area contributed by atoms with Gasteiger partial charge in [0, 0.05) is 6.54 Å². The van der Waals surface area contributed by atoms with Gasteiger partial charge in [-0.1, -0.05) is 30.3 Å². The number of carbonyl (C=O) groups is 3. The molecule has 0 radical (unpaired) electrons. The summed E-state index contributed by atoms with van der Waals surface area (Å²) in [5.41, 5.74) is 7.01. The van der Waals surface area contributed by atoms with E-state index in [2.05, 4.69) is 10.1 Å². The Morgan fingerprint density at radius 1 is 1.33 bits per heavy atom. The molecule has 0 saturated carbocycles. The van der Waals surface area contributed by atoms with Crippen molar-refractivity contribution < 1.29 is 19.1 Å². The quantitative estimate of drug-likeness (QED) is 0.704. The lowest BCUT2D eigenvalue weighted by Gasteiger charge is -2.26. The summed E-state index contributed by atoms with van der Waals surface area (Å²) in [4.78, 5) is 37.4. The Bertz CT molecular complexity index is 591. The summed E-state index contributed by atoms with van der Waals surface area (Å²) in [5.74, 6) is -1.12. The molecule has 0 aromatic heterocycles. The zero-order chi connectivity index (χ0) is 17.5. The second-order valence-corrected chi connectivity index (χ2v) is 5.78. The van der Waals surface area contributed by atoms with Gasteiger partial charge in [0.2, 0.25) is 11.8 Å². The standard InChI is InChI=1S/C17H23N3O4/c1-24-15(21)11-19-16(22)14-8-5-9-20(14)17(23)13(18)10-12-6-3-2-4-7-12/h2-4,6-7,13-14H,5,8-11,18H2,1H3,(H,19,22)/t13-,14-/m1/s1. The SMILES string of the molecule is COC(=O)CNC(=O)[C@H]1CCCN1C(=O)[C@H](N)Cc1ccccc1. The normalized spacial score (nSPS) is 18.1. The van der Waals surface area contributed by atoms with E-state index in [1.165, 1.54) is 12.0 Å². The molecule has 1 heterocycles. The van der Waals surface area contributed by atoms with Crippen molar-refractivity contribution in [2.75, 3.05) is 20.2 Å². The highest BCUT2D eigenvalue weighted by atomic mass is 16.5. The van der Waals surface area contributed by atoms with Gasteiger partial charge in [0.15, 0.2) is 0 Å². The maximum Gasteiger partial charge on any atom is 0.325 e. The molecule has 7 nitrogen and oxygen atoms in total. The van der Waals surface area contributed by atoms with Gasteiger partial charge in [0.1, 0.15) is 12.6 Å². The molecule has 1 fully saturated rings. The van der Waals surface area contributed by atoms with E-state index in [-0.39, 0.29) is 18.4 Å². The summed E-state index contributed by atoms with van der Waals surface area (Å²) in [6, 6.07) is 8.25. The number of carbonyl (C=O) groups excluding carboxylic acids is 3. The Labute approximate surface area is 141 Å². The van der Waals surface area contributed by atoms with E-state index in [0.29, 0.717) is 19.4 Å². The minimum absolute atomic E-state index is 0.204. The molecule has 1 aromatic rings. The van der Waals surface area contributed by atoms with E-state index < -0.39 is 18.1 Å². The van der Waals surface area contributed by atoms with Gasteiger partial charge < -0.3 is 20.7 Å². The third-order valence-electron chi connectivity index (χ3n) is 4.09. The number of likely N-dealkylation sites (tertiary alicyclic amines) is 1. The number of hydrogen-bond acceptors (Lipinski definition) is 5. The fraction of sp³-hybridized carbons (Fsp3) is 0.471. The summed E-state index contributed by atoms with van der Waals surface area (Å²) in [5, 5.41) is 2.50. The largest absolute Gasteiger partial charge is 0.468 e. The van der Waals surface area contributed by atoms with Gasteiger partial charge >= 0.3 is 5.97 Å². The average Bonchev–Trinajstić information content (AvgIpc) is 3.09. The number of hydrogen-bond donors (Lipinski definition) is 2. The smallest absolute Gasteiger partial charge is 0.325 e. The number of nitrogens with zero attached hydrogens (tertiary/aromatic N) is 1. The fourth-order valence-corrected chi connectivity index (χ4v) is 2.82. The van der Waals surface area contributed by atoms with Crippen LogP contribution in [-0.4, -0.2) is 55.0 Å². The molecule has 130 valence electrons. The Kier molecular flexibility index (Phi) is 6.31. The summed E-state index contributed by atoms with van der Waals surface area (Å²) < 4.78 is 4.49. The van der Waals surface area contributed by atoms with Crippen LogP contribution in [0.1, 0.15) is 18.4 Å². The maximum absolute atomic E-state index is 12.6. The minimum Gasteiger partial charge on any atom is -0.468 e. The van der Waals surface area contributed by atoms with E-state index in [0.717, 1.165) is 12.0 Å². The van der Waals surface area contributed by atoms with Crippen molar-refractivity contribution in [1.29, 1.82) is 0 Å². The lowest BCUT2D eigenvalue weighted by molar-refractivity contribution is -0.143. The van der Waals surface area contributed by atoms with Crippen molar-refractivity contribution >= 4 is 17.8 Å². The van der Waals surface area contributed by atoms with Crippen LogP contribution in [0.5, 0.6) is 0 Å². The highest BCUT2D eigenvalue weighted by molar-refractivity contribution is 5.91. The molecule has 3 N–H and O–H groups in total. The van der Waals surface area contributed by atoms with Crippen molar-refractivity contribution in [2.24, 2.45) is 5.73 Å². The van der Waals surface area contributed by atoms with Gasteiger partial charge in [-0.2, -0.15) is 0 Å². The first-order chi connectivity index (χ1) is 11.5. The lowest BCUT2D eigenvalue weighted by Crippen LogP contribution is -2.52. The molecule has 2 rings (SSSR count). The first kappa shape index (κ1) is 17.9. The molecule has 0 spiro atoms. The van der Waals surface area contributed by atoms with Crippen molar-refractivity contribution in [3.63, 3.8) is 0 Å². The van der Waals surface area contributed by atoms with Crippen molar-refractivity contribution in [1.82, 2.24) is 10.2 Å². The first-order valence-corrected chi connectivity index (χ1v) is 7.97. The fourth-order valence-electron chi connectivity index (χ4n) is 2.82. The zero-order valence-electron chi connectivity index (χ0n) is 13.7. The van der Waals surface area contributed by atoms with Crippen LogP contribution in [0.15, 0.2) is 30.3 Å². The number of methoxy groups -OCH3 is 1. The van der Waals surface area contributed by atoms with Gasteiger partial charge in [-0.25, -0.2) is 0 Å². The van der Waals surface area contributed by atoms with Crippen molar-refractivity contribution in [3.05, 3.63) is 35.9 Å². The summed E-state index contributed by atoms with van der Waals surface area (Å²) in [6.45, 7) is 0.293. The summed E-state index contributed by atoms with van der Waals surface area (Å²) >= 11 is 0. The topological polar surface area (TPSA) is 102 Å². The highest BCUT2D eigenvalue weighted by Gasteiger charge is 2.36. The molecule has 0 unspecified atom stereocenters. The Morgan fingerprint density at radius 2 is 2.04 bits per heavy atom. The predicted molar refractivity (Wildman–Crippen MR) is 87.9 cm³/mol. The molecule has 1 aliphatic rings. The zero-order valence-corrected chi connectivity index (χ0v) is 13.7. The molecule has 7 heteroatoms. The van der Waals surface area contributed by atoms with E-state index in [1.54, 1.807) is 0 Å². The third kappa shape index (κ3) is 4.55. The Morgan fingerprint density at radius 3 is 2.71 bits per heavy atom. The van der Waals surface area contributed by atoms with Gasteiger partial charge in [-0.15, -0.1) is 0 Å². The highest BCUT2D eigenvalue weighted by Crippen LogP contribution is 2.19. The number of esters is 1. The van der Waals surface area contributed by atoms with Crippen LogP contribution in [0.25, 0.3) is 0 Å². The molecule has 1 aliphatic heterocycles. The van der Waals surface area contributed by atoms with Gasteiger partial charge in [-0.3, -0.25) is 14.4 Å². The average molecular weight is 333 g/mol. The van der Waals surface area contributed by atoms with Gasteiger partial charge in [0.25, 0.3) is 0 Å². The predicted octanol–water partition coefficient (Wildman–Crippen LogP) is -0.163. The number of ether oxygens (including phenoxy) is 1. The van der Waals surface area contributed by atoms with E-state index in [1.807, 2.05) is 30.3 Å². The van der Waals surface area contributed by atoms with Crippen LogP contribution < -0.4 is 11.1 Å². The molecule has 0 aliphatic carbocycles. The Hall–Kier alpha value is -2.41. The van der Waals surface area contributed by atoms with E-state index >= 15 is 0 Å². The molecule has 1 aromatic carbocycles. The number of nitrogens with one attached hydrogen (secondary N) is 1. The molecular weight excluding hydrogens is 310 g/mol. The van der Waals surface area contributed by atoms with Crippen LogP contribution in [0.4, 0.5) is 0 Å². The number of rotatable bonds is 6. The van der Waals surface area contributed by atoms with Gasteiger partial charge in [-0.05, 0) is 24.8 Å². The van der Waals surface area contributed by atoms with Crippen LogP contribution in [0, 0.1) is 0 Å². The Balaban J connectivity index is 1.94. The summed E-state index contributed by atoms with van der Waals surface area (Å²) in [7, 11) is 1.25. The summed E-state index contributed by atoms with van der Waals surface area (Å²) in [6.07, 6.45) is 1.73. The van der Waals surface area contributed by atoms with E-state index in [9.17, 15) is 14.4 Å². The molecule has 2 atom stereocenters. The van der Waals surface area contributed by atoms with Crippen molar-refractivity contribution in [2.45, 2.75) is 31.3 Å². The first-order valence-electron chi connectivity index (χ1n) is 7.97. The van der Waals surface area contributed by atoms with Crippen LogP contribution in [-0.2, 0) is 25.5 Å². The number of nitrogens with two attached hydrogens (primary N) is 1. The molecule has 2 amide bonds. The molecular formula is C17H23N3O4. The van der Waals surface area contributed by atoms with Crippen LogP contribution >= 0.6 is 0 Å². The van der Waals surface area contributed by atoms with Crippen LogP contribution in [0.2, 0.25) is 0 Å².